The smallest absolute Gasteiger partial charge is 0.337 e. The molecular formula is C26H33N3O4. The molecule has 2 unspecified atom stereocenters. The van der Waals surface area contributed by atoms with Gasteiger partial charge in [0.15, 0.2) is 0 Å². The number of nitrogens with one attached hydrogen (secondary N) is 1. The molecule has 5 fully saturated rings. The first-order valence-electron chi connectivity index (χ1n) is 12.4. The van der Waals surface area contributed by atoms with E-state index in [9.17, 15) is 14.4 Å². The van der Waals surface area contributed by atoms with E-state index in [1.165, 1.54) is 32.8 Å². The zero-order valence-electron chi connectivity index (χ0n) is 19.3. The molecule has 1 spiro atoms. The second kappa shape index (κ2) is 7.55. The molecule has 33 heavy (non-hydrogen) atoms. The van der Waals surface area contributed by atoms with E-state index in [2.05, 4.69) is 10.2 Å². The van der Waals surface area contributed by atoms with Crippen molar-refractivity contribution in [2.45, 2.75) is 38.6 Å². The Hall–Kier alpha value is -2.41. The minimum Gasteiger partial charge on any atom is -0.465 e. The number of methoxy groups -OCH3 is 1. The SMILES string of the molecule is COC(=O)c1cccc(CN2CCN(C(=O)CNC(=O)CC34CC5CC6CC(C3)C654)CC2)c1. The molecule has 176 valence electrons. The van der Waals surface area contributed by atoms with Crippen molar-refractivity contribution < 1.29 is 19.1 Å². The van der Waals surface area contributed by atoms with Crippen LogP contribution in [0.2, 0.25) is 0 Å². The first-order valence-corrected chi connectivity index (χ1v) is 12.4. The number of carbonyl (C=O) groups excluding carboxylic acids is 3. The van der Waals surface area contributed by atoms with Crippen molar-refractivity contribution in [2.24, 2.45) is 28.6 Å². The van der Waals surface area contributed by atoms with Crippen molar-refractivity contribution in [2.75, 3.05) is 39.8 Å². The number of hydrogen-bond donors (Lipinski definition) is 1. The molecule has 1 aliphatic heterocycles. The molecule has 2 amide bonds. The maximum atomic E-state index is 12.7. The van der Waals surface area contributed by atoms with Crippen molar-refractivity contribution >= 4 is 17.8 Å². The highest BCUT2D eigenvalue weighted by molar-refractivity contribution is 5.89. The van der Waals surface area contributed by atoms with Gasteiger partial charge in [0, 0.05) is 39.1 Å². The van der Waals surface area contributed by atoms with Crippen LogP contribution in [0.4, 0.5) is 0 Å². The van der Waals surface area contributed by atoms with Crippen LogP contribution in [0.3, 0.4) is 0 Å². The molecule has 0 radical (unpaired) electrons. The van der Waals surface area contributed by atoms with E-state index in [4.69, 9.17) is 4.74 Å². The van der Waals surface area contributed by atoms with Crippen LogP contribution in [0.5, 0.6) is 0 Å². The third-order valence-corrected chi connectivity index (χ3v) is 9.77. The molecule has 0 bridgehead atoms. The molecule has 0 aromatic heterocycles. The Bertz CT molecular complexity index is 973. The second-order valence-corrected chi connectivity index (χ2v) is 11.0. The van der Waals surface area contributed by atoms with Crippen molar-refractivity contribution in [1.29, 1.82) is 0 Å². The normalized spacial score (nSPS) is 35.5. The summed E-state index contributed by atoms with van der Waals surface area (Å²) in [6.45, 7) is 3.71. The number of carbonyl (C=O) groups is 3. The predicted molar refractivity (Wildman–Crippen MR) is 121 cm³/mol. The van der Waals surface area contributed by atoms with Gasteiger partial charge >= 0.3 is 5.97 Å². The van der Waals surface area contributed by atoms with E-state index in [-0.39, 0.29) is 29.7 Å². The van der Waals surface area contributed by atoms with Gasteiger partial charge in [0.25, 0.3) is 0 Å². The lowest BCUT2D eigenvalue weighted by Crippen LogP contribution is -2.85. The minimum absolute atomic E-state index is 0.00879. The summed E-state index contributed by atoms with van der Waals surface area (Å²) in [7, 11) is 1.39. The molecule has 1 aromatic carbocycles. The van der Waals surface area contributed by atoms with E-state index in [1.54, 1.807) is 6.07 Å². The molecule has 1 N–H and O–H groups in total. The van der Waals surface area contributed by atoms with Gasteiger partial charge in [0.2, 0.25) is 11.8 Å². The second-order valence-electron chi connectivity index (χ2n) is 11.0. The summed E-state index contributed by atoms with van der Waals surface area (Å²) in [5.74, 6) is 2.46. The fraction of sp³-hybridized carbons (Fsp3) is 0.654. The van der Waals surface area contributed by atoms with E-state index in [0.717, 1.165) is 43.0 Å². The van der Waals surface area contributed by atoms with Gasteiger partial charge in [-0.1, -0.05) is 12.1 Å². The molecule has 6 rings (SSSR count). The Morgan fingerprint density at radius 3 is 2.42 bits per heavy atom. The number of rotatable bonds is 7. The van der Waals surface area contributed by atoms with Crippen LogP contribution < -0.4 is 5.32 Å². The highest BCUT2D eigenvalue weighted by Crippen LogP contribution is 2.93. The largest absolute Gasteiger partial charge is 0.465 e. The summed E-state index contributed by atoms with van der Waals surface area (Å²) in [4.78, 5) is 41.2. The molecular weight excluding hydrogens is 418 g/mol. The maximum absolute atomic E-state index is 12.7. The van der Waals surface area contributed by atoms with Crippen molar-refractivity contribution in [3.8, 4) is 0 Å². The molecule has 1 saturated heterocycles. The highest BCUT2D eigenvalue weighted by Gasteiger charge is 2.87. The van der Waals surface area contributed by atoms with Crippen molar-refractivity contribution in [3.05, 3.63) is 35.4 Å². The van der Waals surface area contributed by atoms with E-state index >= 15 is 0 Å². The van der Waals surface area contributed by atoms with E-state index in [1.807, 2.05) is 23.1 Å². The lowest BCUT2D eigenvalue weighted by molar-refractivity contribution is -0.430. The predicted octanol–water partition coefficient (Wildman–Crippen LogP) is 2.06. The first-order chi connectivity index (χ1) is 15.9. The molecule has 4 saturated carbocycles. The van der Waals surface area contributed by atoms with Crippen molar-refractivity contribution in [3.63, 3.8) is 0 Å². The summed E-state index contributed by atoms with van der Waals surface area (Å²) in [5, 5.41) is 2.93. The fourth-order valence-electron chi connectivity index (χ4n) is 8.45. The van der Waals surface area contributed by atoms with Crippen molar-refractivity contribution in [1.82, 2.24) is 15.1 Å². The van der Waals surface area contributed by atoms with Gasteiger partial charge in [-0.2, -0.15) is 0 Å². The van der Waals surface area contributed by atoms with Gasteiger partial charge in [0.1, 0.15) is 0 Å². The van der Waals surface area contributed by atoms with Crippen LogP contribution in [0.25, 0.3) is 0 Å². The van der Waals surface area contributed by atoms with E-state index < -0.39 is 0 Å². The van der Waals surface area contributed by atoms with Crippen LogP contribution in [0, 0.1) is 28.6 Å². The number of esters is 1. The van der Waals surface area contributed by atoms with Crippen LogP contribution in [0.15, 0.2) is 24.3 Å². The minimum atomic E-state index is -0.331. The summed E-state index contributed by atoms with van der Waals surface area (Å²) >= 11 is 0. The van der Waals surface area contributed by atoms with Crippen LogP contribution in [-0.4, -0.2) is 67.4 Å². The highest BCUT2D eigenvalue weighted by atomic mass is 16.5. The topological polar surface area (TPSA) is 79.0 Å². The standard InChI is InChI=1S/C26H33N3O4/c1-33-24(32)18-4-2-3-17(9-18)16-28-5-7-29(8-6-28)23(31)15-27-22(30)14-25-12-20-10-19-11-21(13-25)26(19,20)25/h2-4,9,19-21H,5-8,10-16H2,1H3,(H,27,30). The van der Waals surface area contributed by atoms with Gasteiger partial charge in [-0.3, -0.25) is 14.5 Å². The van der Waals surface area contributed by atoms with Crippen LogP contribution in [-0.2, 0) is 20.9 Å². The number of ether oxygens (including phenoxy) is 1. The van der Waals surface area contributed by atoms with Gasteiger partial charge in [0.05, 0.1) is 19.2 Å². The average Bonchev–Trinajstić information content (AvgIpc) is 2.78. The molecule has 1 heterocycles. The van der Waals surface area contributed by atoms with Gasteiger partial charge in [-0.25, -0.2) is 4.79 Å². The summed E-state index contributed by atoms with van der Waals surface area (Å²) in [6, 6.07) is 7.49. The molecule has 7 heteroatoms. The number of benzene rings is 1. The summed E-state index contributed by atoms with van der Waals surface area (Å²) in [5.41, 5.74) is 2.45. The Morgan fingerprint density at radius 2 is 1.79 bits per heavy atom. The Labute approximate surface area is 194 Å². The Morgan fingerprint density at radius 1 is 1.06 bits per heavy atom. The molecule has 1 aromatic rings. The molecule has 2 atom stereocenters. The monoisotopic (exact) mass is 451 g/mol. The first kappa shape index (κ1) is 21.1. The molecule has 7 nitrogen and oxygen atoms in total. The number of piperazine rings is 1. The quantitative estimate of drug-likeness (QED) is 0.642. The fourth-order valence-corrected chi connectivity index (χ4v) is 8.45. The maximum Gasteiger partial charge on any atom is 0.337 e. The number of hydrogen-bond acceptors (Lipinski definition) is 5. The lowest BCUT2D eigenvalue weighted by Gasteiger charge is -2.91. The van der Waals surface area contributed by atoms with Crippen LogP contribution >= 0.6 is 0 Å². The van der Waals surface area contributed by atoms with E-state index in [0.29, 0.717) is 30.5 Å². The van der Waals surface area contributed by atoms with Gasteiger partial charge in [-0.15, -0.1) is 0 Å². The zero-order chi connectivity index (χ0) is 22.8. The summed E-state index contributed by atoms with van der Waals surface area (Å²) in [6.07, 6.45) is 5.92. The summed E-state index contributed by atoms with van der Waals surface area (Å²) < 4.78 is 4.80. The van der Waals surface area contributed by atoms with Gasteiger partial charge in [-0.05, 0) is 72.0 Å². The van der Waals surface area contributed by atoms with Crippen LogP contribution in [0.1, 0.15) is 48.0 Å². The number of amides is 2. The number of nitrogens with zero attached hydrogens (tertiary/aromatic N) is 2. The third-order valence-electron chi connectivity index (χ3n) is 9.77. The Balaban J connectivity index is 0.939. The molecule has 4 aliphatic carbocycles. The van der Waals surface area contributed by atoms with Gasteiger partial charge < -0.3 is 15.0 Å². The third kappa shape index (κ3) is 3.00. The Kier molecular flexibility index (Phi) is 4.84. The zero-order valence-corrected chi connectivity index (χ0v) is 19.3. The average molecular weight is 452 g/mol. The lowest BCUT2D eigenvalue weighted by atomic mass is 9.13. The molecule has 5 aliphatic rings.